The van der Waals surface area contributed by atoms with Gasteiger partial charge < -0.3 is 5.32 Å². The van der Waals surface area contributed by atoms with Gasteiger partial charge in [-0.1, -0.05) is 31.9 Å². The third-order valence-corrected chi connectivity index (χ3v) is 6.85. The maximum Gasteiger partial charge on any atom is 0.243 e. The second-order valence-electron chi connectivity index (χ2n) is 5.68. The summed E-state index contributed by atoms with van der Waals surface area (Å²) in [6.07, 6.45) is 0. The van der Waals surface area contributed by atoms with Crippen LogP contribution < -0.4 is 5.32 Å². The van der Waals surface area contributed by atoms with Crippen molar-refractivity contribution in [1.29, 1.82) is 0 Å². The molecule has 0 bridgehead atoms. The third kappa shape index (κ3) is 4.91. The first-order chi connectivity index (χ1) is 11.6. The predicted molar refractivity (Wildman–Crippen MR) is 106 cm³/mol. The number of amides is 1. The minimum Gasteiger partial charge on any atom is -0.325 e. The van der Waals surface area contributed by atoms with E-state index in [2.05, 4.69) is 37.2 Å². The highest BCUT2D eigenvalue weighted by Gasteiger charge is 2.23. The molecule has 2 aromatic rings. The summed E-state index contributed by atoms with van der Waals surface area (Å²) in [6.45, 7) is 3.41. The maximum absolute atomic E-state index is 12.6. The number of carbonyl (C=O) groups excluding carboxylic acids is 1. The number of hydrogen-bond acceptors (Lipinski definition) is 3. The molecule has 2 aromatic carbocycles. The van der Waals surface area contributed by atoms with E-state index in [-0.39, 0.29) is 11.4 Å². The number of halogens is 2. The summed E-state index contributed by atoms with van der Waals surface area (Å²) in [5, 5.41) is 2.74. The zero-order valence-electron chi connectivity index (χ0n) is 14.0. The second kappa shape index (κ2) is 7.99. The van der Waals surface area contributed by atoms with Crippen LogP contribution in [0.4, 0.5) is 5.69 Å². The van der Waals surface area contributed by atoms with Gasteiger partial charge in [0.2, 0.25) is 15.9 Å². The Kier molecular flexibility index (Phi) is 6.42. The molecule has 8 heteroatoms. The first-order valence-corrected chi connectivity index (χ1v) is 10.4. The standard InChI is InChI=1S/C17H18Br2N2O3S/c1-11-9-14(5-6-15(11)19)25(23,24)21(3)10-17(22)20-16-7-4-13(18)8-12(16)2/h4-9H,10H2,1-3H3,(H,20,22). The number of aryl methyl sites for hydroxylation is 2. The van der Waals surface area contributed by atoms with E-state index in [9.17, 15) is 13.2 Å². The van der Waals surface area contributed by atoms with Gasteiger partial charge in [-0.2, -0.15) is 4.31 Å². The third-order valence-electron chi connectivity index (χ3n) is 3.67. The molecule has 0 atom stereocenters. The van der Waals surface area contributed by atoms with E-state index in [1.165, 1.54) is 13.1 Å². The Balaban J connectivity index is 2.13. The molecule has 0 aliphatic carbocycles. The zero-order chi connectivity index (χ0) is 18.8. The molecule has 0 aromatic heterocycles. The Hall–Kier alpha value is -1.22. The highest BCUT2D eigenvalue weighted by Crippen LogP contribution is 2.23. The number of benzene rings is 2. The molecule has 2 rings (SSSR count). The van der Waals surface area contributed by atoms with Gasteiger partial charge in [0.05, 0.1) is 11.4 Å². The van der Waals surface area contributed by atoms with E-state index >= 15 is 0 Å². The molecule has 1 amide bonds. The van der Waals surface area contributed by atoms with Gasteiger partial charge in [-0.3, -0.25) is 4.79 Å². The number of anilines is 1. The van der Waals surface area contributed by atoms with E-state index in [1.54, 1.807) is 18.2 Å². The Bertz CT molecular complexity index is 914. The highest BCUT2D eigenvalue weighted by atomic mass is 79.9. The van der Waals surface area contributed by atoms with E-state index in [4.69, 9.17) is 0 Å². The molecule has 0 aliphatic rings. The molecule has 0 saturated carbocycles. The SMILES string of the molecule is Cc1cc(S(=O)(=O)N(C)CC(=O)Nc2ccc(Br)cc2C)ccc1Br. The minimum atomic E-state index is -3.74. The summed E-state index contributed by atoms with van der Waals surface area (Å²) in [4.78, 5) is 12.4. The quantitative estimate of drug-likeness (QED) is 0.687. The summed E-state index contributed by atoms with van der Waals surface area (Å²) in [6, 6.07) is 10.2. The van der Waals surface area contributed by atoms with Crippen molar-refractivity contribution < 1.29 is 13.2 Å². The van der Waals surface area contributed by atoms with Gasteiger partial charge in [-0.25, -0.2) is 8.42 Å². The molecule has 0 saturated heterocycles. The van der Waals surface area contributed by atoms with Crippen LogP contribution in [0, 0.1) is 13.8 Å². The van der Waals surface area contributed by atoms with Gasteiger partial charge in [-0.05, 0) is 61.4 Å². The fourth-order valence-electron chi connectivity index (χ4n) is 2.20. The molecular weight excluding hydrogens is 472 g/mol. The normalized spacial score (nSPS) is 11.6. The molecule has 134 valence electrons. The van der Waals surface area contributed by atoms with Crippen LogP contribution in [0.2, 0.25) is 0 Å². The lowest BCUT2D eigenvalue weighted by molar-refractivity contribution is -0.116. The van der Waals surface area contributed by atoms with E-state index in [0.717, 1.165) is 24.4 Å². The highest BCUT2D eigenvalue weighted by molar-refractivity contribution is 9.10. The lowest BCUT2D eigenvalue weighted by Gasteiger charge is -2.18. The number of nitrogens with one attached hydrogen (secondary N) is 1. The molecule has 25 heavy (non-hydrogen) atoms. The van der Waals surface area contributed by atoms with Crippen LogP contribution in [0.25, 0.3) is 0 Å². The van der Waals surface area contributed by atoms with Crippen molar-refractivity contribution in [3.63, 3.8) is 0 Å². The van der Waals surface area contributed by atoms with E-state index in [1.807, 2.05) is 26.0 Å². The van der Waals surface area contributed by atoms with Gasteiger partial charge in [0.15, 0.2) is 0 Å². The summed E-state index contributed by atoms with van der Waals surface area (Å²) in [5.74, 6) is -0.398. The van der Waals surface area contributed by atoms with Crippen LogP contribution in [0.3, 0.4) is 0 Å². The molecule has 5 nitrogen and oxygen atoms in total. The average Bonchev–Trinajstić information content (AvgIpc) is 2.52. The fraction of sp³-hybridized carbons (Fsp3) is 0.235. The molecular formula is C17H18Br2N2O3S. The molecule has 0 spiro atoms. The fourth-order valence-corrected chi connectivity index (χ4v) is 4.14. The summed E-state index contributed by atoms with van der Waals surface area (Å²) in [7, 11) is -2.35. The van der Waals surface area contributed by atoms with Crippen molar-refractivity contribution >= 4 is 53.5 Å². The van der Waals surface area contributed by atoms with Crippen molar-refractivity contribution in [2.75, 3.05) is 18.9 Å². The van der Waals surface area contributed by atoms with Crippen LogP contribution in [0.1, 0.15) is 11.1 Å². The summed E-state index contributed by atoms with van der Waals surface area (Å²) in [5.41, 5.74) is 2.35. The Morgan fingerprint density at radius 3 is 2.36 bits per heavy atom. The van der Waals surface area contributed by atoms with Crippen molar-refractivity contribution in [2.45, 2.75) is 18.7 Å². The molecule has 0 fully saturated rings. The number of rotatable bonds is 5. The maximum atomic E-state index is 12.6. The van der Waals surface area contributed by atoms with Crippen molar-refractivity contribution in [3.05, 3.63) is 56.5 Å². The van der Waals surface area contributed by atoms with Crippen LogP contribution in [-0.2, 0) is 14.8 Å². The summed E-state index contributed by atoms with van der Waals surface area (Å²) >= 11 is 6.71. The number of hydrogen-bond donors (Lipinski definition) is 1. The smallest absolute Gasteiger partial charge is 0.243 e. The van der Waals surface area contributed by atoms with Crippen molar-refractivity contribution in [1.82, 2.24) is 4.31 Å². The van der Waals surface area contributed by atoms with Crippen molar-refractivity contribution in [2.24, 2.45) is 0 Å². The van der Waals surface area contributed by atoms with Crippen LogP contribution in [0.15, 0.2) is 50.2 Å². The molecule has 0 unspecified atom stereocenters. The second-order valence-corrected chi connectivity index (χ2v) is 9.49. The van der Waals surface area contributed by atoms with E-state index < -0.39 is 15.9 Å². The molecule has 0 radical (unpaired) electrons. The zero-order valence-corrected chi connectivity index (χ0v) is 18.0. The lowest BCUT2D eigenvalue weighted by Crippen LogP contribution is -2.35. The monoisotopic (exact) mass is 488 g/mol. The average molecular weight is 490 g/mol. The topological polar surface area (TPSA) is 66.5 Å². The largest absolute Gasteiger partial charge is 0.325 e. The number of likely N-dealkylation sites (N-methyl/N-ethyl adjacent to an activating group) is 1. The first kappa shape index (κ1) is 20.1. The predicted octanol–water partition coefficient (Wildman–Crippen LogP) is 4.09. The van der Waals surface area contributed by atoms with Crippen LogP contribution in [-0.4, -0.2) is 32.2 Å². The Morgan fingerprint density at radius 1 is 1.08 bits per heavy atom. The van der Waals surface area contributed by atoms with Crippen LogP contribution in [0.5, 0.6) is 0 Å². The first-order valence-electron chi connectivity index (χ1n) is 7.40. The van der Waals surface area contributed by atoms with Gasteiger partial charge in [0.1, 0.15) is 0 Å². The molecule has 0 heterocycles. The number of carbonyl (C=O) groups is 1. The Morgan fingerprint density at radius 2 is 1.76 bits per heavy atom. The minimum absolute atomic E-state index is 0.156. The number of nitrogens with zero attached hydrogens (tertiary/aromatic N) is 1. The number of sulfonamides is 1. The van der Waals surface area contributed by atoms with E-state index in [0.29, 0.717) is 5.69 Å². The molecule has 1 N–H and O–H groups in total. The van der Waals surface area contributed by atoms with Gasteiger partial charge in [0.25, 0.3) is 0 Å². The van der Waals surface area contributed by atoms with Gasteiger partial charge in [0, 0.05) is 21.7 Å². The van der Waals surface area contributed by atoms with Gasteiger partial charge in [-0.15, -0.1) is 0 Å². The van der Waals surface area contributed by atoms with Gasteiger partial charge >= 0.3 is 0 Å². The van der Waals surface area contributed by atoms with Crippen molar-refractivity contribution in [3.8, 4) is 0 Å². The lowest BCUT2D eigenvalue weighted by atomic mass is 10.2. The Labute approximate surface area is 164 Å². The van der Waals surface area contributed by atoms with Crippen LogP contribution >= 0.6 is 31.9 Å². The molecule has 0 aliphatic heterocycles. The summed E-state index contributed by atoms with van der Waals surface area (Å²) < 4.78 is 28.0.